The maximum Gasteiger partial charge on any atom is 0.282 e. The lowest BCUT2D eigenvalue weighted by molar-refractivity contribution is -0.132. The van der Waals surface area contributed by atoms with Crippen LogP contribution in [0, 0.1) is 0 Å². The number of rotatable bonds is 3. The van der Waals surface area contributed by atoms with Crippen molar-refractivity contribution in [2.75, 3.05) is 31.9 Å². The maximum absolute atomic E-state index is 12.6. The summed E-state index contributed by atoms with van der Waals surface area (Å²) in [5.74, 6) is 1.91. The summed E-state index contributed by atoms with van der Waals surface area (Å²) < 4.78 is 2.00. The standard InChI is InChI=1S/C16H19N5O2S/c22-14(11-20-8-9-24-16(20)23)19-6-3-4-12(10-19)15-18-17-13-5-1-2-7-21(13)15/h1-2,5,7,12H,3-4,6,8-11H2. The lowest BCUT2D eigenvalue weighted by Crippen LogP contribution is -2.45. The average Bonchev–Trinajstić information content (AvgIpc) is 3.21. The molecular weight excluding hydrogens is 326 g/mol. The Morgan fingerprint density at radius 2 is 2.21 bits per heavy atom. The summed E-state index contributed by atoms with van der Waals surface area (Å²) in [6.45, 7) is 2.26. The number of nitrogens with zero attached hydrogens (tertiary/aromatic N) is 5. The molecule has 1 atom stereocenters. The smallest absolute Gasteiger partial charge is 0.282 e. The van der Waals surface area contributed by atoms with E-state index in [1.54, 1.807) is 4.90 Å². The number of pyridine rings is 1. The Hall–Kier alpha value is -2.09. The molecule has 0 radical (unpaired) electrons. The first-order valence-electron chi connectivity index (χ1n) is 8.21. The van der Waals surface area contributed by atoms with Gasteiger partial charge >= 0.3 is 0 Å². The summed E-state index contributed by atoms with van der Waals surface area (Å²) >= 11 is 1.29. The normalized spacial score (nSPS) is 21.7. The highest BCUT2D eigenvalue weighted by atomic mass is 32.2. The second-order valence-electron chi connectivity index (χ2n) is 6.20. The number of thioether (sulfide) groups is 1. The third-order valence-electron chi connectivity index (χ3n) is 4.65. The van der Waals surface area contributed by atoms with Gasteiger partial charge in [-0.3, -0.25) is 14.0 Å². The molecule has 2 amide bonds. The molecule has 0 aromatic carbocycles. The van der Waals surface area contributed by atoms with Crippen LogP contribution in [-0.4, -0.2) is 67.5 Å². The highest BCUT2D eigenvalue weighted by Gasteiger charge is 2.30. The highest BCUT2D eigenvalue weighted by Crippen LogP contribution is 2.26. The number of fused-ring (bicyclic) bond motifs is 1. The Labute approximate surface area is 144 Å². The van der Waals surface area contributed by atoms with Crippen LogP contribution in [0.5, 0.6) is 0 Å². The second kappa shape index (κ2) is 6.43. The Balaban J connectivity index is 1.47. The molecule has 7 nitrogen and oxygen atoms in total. The minimum atomic E-state index is 0.0142. The molecule has 2 aromatic rings. The molecular formula is C16H19N5O2S. The van der Waals surface area contributed by atoms with Gasteiger partial charge in [-0.2, -0.15) is 0 Å². The molecule has 8 heteroatoms. The minimum absolute atomic E-state index is 0.0142. The molecule has 1 unspecified atom stereocenters. The lowest BCUT2D eigenvalue weighted by Gasteiger charge is -2.33. The van der Waals surface area contributed by atoms with E-state index in [2.05, 4.69) is 10.2 Å². The van der Waals surface area contributed by atoms with Crippen LogP contribution >= 0.6 is 11.8 Å². The quantitative estimate of drug-likeness (QED) is 0.845. The van der Waals surface area contributed by atoms with Gasteiger partial charge in [0, 0.05) is 37.5 Å². The van der Waals surface area contributed by atoms with Gasteiger partial charge in [-0.1, -0.05) is 17.8 Å². The minimum Gasteiger partial charge on any atom is -0.340 e. The van der Waals surface area contributed by atoms with E-state index in [9.17, 15) is 9.59 Å². The summed E-state index contributed by atoms with van der Waals surface area (Å²) in [6.07, 6.45) is 3.91. The predicted molar refractivity (Wildman–Crippen MR) is 91.0 cm³/mol. The van der Waals surface area contributed by atoms with Gasteiger partial charge in [-0.15, -0.1) is 10.2 Å². The third-order valence-corrected chi connectivity index (χ3v) is 5.54. The van der Waals surface area contributed by atoms with Gasteiger partial charge in [0.15, 0.2) is 5.65 Å². The Morgan fingerprint density at radius 3 is 3.04 bits per heavy atom. The van der Waals surface area contributed by atoms with E-state index in [1.807, 2.05) is 33.7 Å². The lowest BCUT2D eigenvalue weighted by atomic mass is 9.97. The topological polar surface area (TPSA) is 70.8 Å². The Kier molecular flexibility index (Phi) is 4.13. The predicted octanol–water partition coefficient (Wildman–Crippen LogP) is 1.60. The molecule has 0 spiro atoms. The Bertz CT molecular complexity index is 777. The van der Waals surface area contributed by atoms with E-state index in [0.717, 1.165) is 36.6 Å². The van der Waals surface area contributed by atoms with E-state index in [1.165, 1.54) is 11.8 Å². The van der Waals surface area contributed by atoms with Crippen molar-refractivity contribution in [3.8, 4) is 0 Å². The number of carbonyl (C=O) groups is 2. The molecule has 0 bridgehead atoms. The van der Waals surface area contributed by atoms with Gasteiger partial charge in [0.1, 0.15) is 12.4 Å². The number of aromatic nitrogens is 3. The van der Waals surface area contributed by atoms with Crippen molar-refractivity contribution in [2.24, 2.45) is 0 Å². The molecule has 4 heterocycles. The van der Waals surface area contributed by atoms with Crippen LogP contribution in [-0.2, 0) is 4.79 Å². The van der Waals surface area contributed by atoms with Crippen LogP contribution in [0.15, 0.2) is 24.4 Å². The van der Waals surface area contributed by atoms with E-state index < -0.39 is 0 Å². The van der Waals surface area contributed by atoms with Crippen molar-refractivity contribution in [2.45, 2.75) is 18.8 Å². The average molecular weight is 345 g/mol. The molecule has 0 saturated carbocycles. The fraction of sp³-hybridized carbons (Fsp3) is 0.500. The molecule has 2 fully saturated rings. The van der Waals surface area contributed by atoms with Crippen LogP contribution in [0.2, 0.25) is 0 Å². The number of hydrogen-bond donors (Lipinski definition) is 0. The summed E-state index contributed by atoms with van der Waals surface area (Å²) in [7, 11) is 0. The third kappa shape index (κ3) is 2.86. The van der Waals surface area contributed by atoms with Crippen molar-refractivity contribution >= 4 is 28.6 Å². The van der Waals surface area contributed by atoms with Crippen LogP contribution in [0.25, 0.3) is 5.65 Å². The van der Waals surface area contributed by atoms with Crippen molar-refractivity contribution in [1.29, 1.82) is 0 Å². The molecule has 126 valence electrons. The first kappa shape index (κ1) is 15.4. The van der Waals surface area contributed by atoms with Crippen molar-refractivity contribution in [3.05, 3.63) is 30.2 Å². The number of hydrogen-bond acceptors (Lipinski definition) is 5. The molecule has 2 aromatic heterocycles. The monoisotopic (exact) mass is 345 g/mol. The molecule has 4 rings (SSSR count). The molecule has 24 heavy (non-hydrogen) atoms. The van der Waals surface area contributed by atoms with Gasteiger partial charge in [-0.05, 0) is 25.0 Å². The number of likely N-dealkylation sites (tertiary alicyclic amines) is 1. The van der Waals surface area contributed by atoms with Gasteiger partial charge in [-0.25, -0.2) is 0 Å². The van der Waals surface area contributed by atoms with E-state index in [0.29, 0.717) is 13.1 Å². The highest BCUT2D eigenvalue weighted by molar-refractivity contribution is 8.13. The summed E-state index contributed by atoms with van der Waals surface area (Å²) in [5.41, 5.74) is 0.829. The zero-order chi connectivity index (χ0) is 16.5. The van der Waals surface area contributed by atoms with Crippen LogP contribution < -0.4 is 0 Å². The SMILES string of the molecule is O=C(CN1CCSC1=O)N1CCCC(c2nnc3ccccn23)C1. The largest absolute Gasteiger partial charge is 0.340 e. The summed E-state index contributed by atoms with van der Waals surface area (Å²) in [5, 5.41) is 8.56. The molecule has 2 aliphatic rings. The number of carbonyl (C=O) groups excluding carboxylic acids is 2. The molecule has 0 aliphatic carbocycles. The van der Waals surface area contributed by atoms with Crippen molar-refractivity contribution in [1.82, 2.24) is 24.4 Å². The summed E-state index contributed by atoms with van der Waals surface area (Å²) in [4.78, 5) is 27.8. The van der Waals surface area contributed by atoms with Crippen LogP contribution in [0.4, 0.5) is 4.79 Å². The van der Waals surface area contributed by atoms with E-state index >= 15 is 0 Å². The van der Waals surface area contributed by atoms with E-state index in [4.69, 9.17) is 0 Å². The first-order valence-corrected chi connectivity index (χ1v) is 9.20. The molecule has 2 aliphatic heterocycles. The van der Waals surface area contributed by atoms with Crippen LogP contribution in [0.3, 0.4) is 0 Å². The van der Waals surface area contributed by atoms with Gasteiger partial charge < -0.3 is 9.80 Å². The van der Waals surface area contributed by atoms with Crippen molar-refractivity contribution in [3.63, 3.8) is 0 Å². The maximum atomic E-state index is 12.6. The van der Waals surface area contributed by atoms with Gasteiger partial charge in [0.05, 0.1) is 0 Å². The zero-order valence-electron chi connectivity index (χ0n) is 13.3. The van der Waals surface area contributed by atoms with Crippen LogP contribution in [0.1, 0.15) is 24.6 Å². The first-order chi connectivity index (χ1) is 11.7. The zero-order valence-corrected chi connectivity index (χ0v) is 14.1. The number of piperidine rings is 1. The van der Waals surface area contributed by atoms with E-state index in [-0.39, 0.29) is 23.6 Å². The Morgan fingerprint density at radius 1 is 1.29 bits per heavy atom. The molecule has 0 N–H and O–H groups in total. The number of amides is 2. The van der Waals surface area contributed by atoms with Gasteiger partial charge in [0.2, 0.25) is 5.91 Å². The summed E-state index contributed by atoms with van der Waals surface area (Å²) in [6, 6.07) is 5.83. The fourth-order valence-electron chi connectivity index (χ4n) is 3.39. The van der Waals surface area contributed by atoms with Crippen molar-refractivity contribution < 1.29 is 9.59 Å². The molecule has 2 saturated heterocycles. The van der Waals surface area contributed by atoms with Gasteiger partial charge in [0.25, 0.3) is 5.24 Å². The second-order valence-corrected chi connectivity index (χ2v) is 7.25. The fourth-order valence-corrected chi connectivity index (χ4v) is 4.21.